The summed E-state index contributed by atoms with van der Waals surface area (Å²) in [5.74, 6) is -0.343. The van der Waals surface area contributed by atoms with Gasteiger partial charge in [-0.05, 0) is 6.08 Å². The molecule has 0 saturated carbocycles. The number of hydrogen-bond donors (Lipinski definition) is 1. The topological polar surface area (TPSA) is 38.3 Å². The van der Waals surface area contributed by atoms with Gasteiger partial charge in [0.1, 0.15) is 6.54 Å². The fourth-order valence-electron chi connectivity index (χ4n) is 0.304. The molecule has 0 aliphatic carbocycles. The monoisotopic (exact) mass is 159 g/mol. The molecule has 0 amide bonds. The largest absolute Gasteiger partial charge is 0.468 e. The minimum atomic E-state index is -0.343. The Morgan fingerprint density at radius 2 is 2.50 bits per heavy atom. The highest BCUT2D eigenvalue weighted by Crippen LogP contribution is 1.74. The summed E-state index contributed by atoms with van der Waals surface area (Å²) >= 11 is 4.68. The molecule has 0 saturated heterocycles. The number of ether oxygens (including phenoxy) is 1. The van der Waals surface area contributed by atoms with Crippen molar-refractivity contribution >= 4 is 23.2 Å². The van der Waals surface area contributed by atoms with Crippen LogP contribution in [0.2, 0.25) is 0 Å². The van der Waals surface area contributed by atoms with Gasteiger partial charge in [-0.25, -0.2) is 0 Å². The molecular weight excluding hydrogens is 150 g/mol. The van der Waals surface area contributed by atoms with Crippen LogP contribution in [-0.2, 0) is 9.53 Å². The third-order valence-electron chi connectivity index (χ3n) is 0.820. The second kappa shape index (κ2) is 4.93. The molecular formula is C6H9NO2S. The first-order valence-corrected chi connectivity index (χ1v) is 3.08. The molecule has 0 atom stereocenters. The van der Waals surface area contributed by atoms with E-state index in [9.17, 15) is 4.79 Å². The number of esters is 1. The van der Waals surface area contributed by atoms with Gasteiger partial charge in [-0.15, -0.1) is 0 Å². The molecule has 0 spiro atoms. The summed E-state index contributed by atoms with van der Waals surface area (Å²) in [4.78, 5) is 10.9. The highest BCUT2D eigenvalue weighted by molar-refractivity contribution is 7.80. The molecule has 0 heterocycles. The predicted octanol–water partition coefficient (Wildman–Crippen LogP) is 0.262. The average molecular weight is 159 g/mol. The van der Waals surface area contributed by atoms with Gasteiger partial charge in [0.2, 0.25) is 0 Å². The minimum absolute atomic E-state index is 0.0986. The maximum Gasteiger partial charge on any atom is 0.325 e. The van der Waals surface area contributed by atoms with Crippen molar-refractivity contribution < 1.29 is 9.53 Å². The van der Waals surface area contributed by atoms with Crippen molar-refractivity contribution in [3.63, 3.8) is 0 Å². The smallest absolute Gasteiger partial charge is 0.325 e. The molecule has 0 aromatic heterocycles. The van der Waals surface area contributed by atoms with E-state index >= 15 is 0 Å². The number of methoxy groups -OCH3 is 1. The van der Waals surface area contributed by atoms with E-state index in [1.807, 2.05) is 0 Å². The maximum atomic E-state index is 10.5. The van der Waals surface area contributed by atoms with Crippen molar-refractivity contribution in [2.24, 2.45) is 0 Å². The van der Waals surface area contributed by atoms with Crippen molar-refractivity contribution in [3.8, 4) is 0 Å². The predicted molar refractivity (Wildman–Crippen MR) is 42.8 cm³/mol. The molecule has 3 nitrogen and oxygen atoms in total. The van der Waals surface area contributed by atoms with E-state index in [1.54, 1.807) is 0 Å². The lowest BCUT2D eigenvalue weighted by atomic mass is 10.5. The summed E-state index contributed by atoms with van der Waals surface area (Å²) in [6.07, 6.45) is 1.46. The number of thiocarbonyl (C=S) groups is 1. The first-order chi connectivity index (χ1) is 4.70. The van der Waals surface area contributed by atoms with Gasteiger partial charge < -0.3 is 10.1 Å². The first-order valence-electron chi connectivity index (χ1n) is 2.67. The quantitative estimate of drug-likeness (QED) is 0.364. The van der Waals surface area contributed by atoms with Crippen LogP contribution in [-0.4, -0.2) is 24.6 Å². The van der Waals surface area contributed by atoms with Crippen LogP contribution in [0.15, 0.2) is 12.7 Å². The lowest BCUT2D eigenvalue weighted by molar-refractivity contribution is -0.139. The van der Waals surface area contributed by atoms with Gasteiger partial charge in [0.15, 0.2) is 0 Å². The minimum Gasteiger partial charge on any atom is -0.468 e. The number of hydrogen-bond acceptors (Lipinski definition) is 3. The molecule has 0 bridgehead atoms. The molecule has 0 rings (SSSR count). The second-order valence-electron chi connectivity index (χ2n) is 1.50. The van der Waals surface area contributed by atoms with Crippen LogP contribution < -0.4 is 5.32 Å². The van der Waals surface area contributed by atoms with Crippen LogP contribution in [0.5, 0.6) is 0 Å². The molecule has 0 aromatic rings. The van der Waals surface area contributed by atoms with Gasteiger partial charge in [-0.3, -0.25) is 4.79 Å². The van der Waals surface area contributed by atoms with Crippen molar-refractivity contribution in [2.75, 3.05) is 13.7 Å². The normalized spacial score (nSPS) is 8.10. The van der Waals surface area contributed by atoms with Crippen LogP contribution in [0.4, 0.5) is 0 Å². The average Bonchev–Trinajstić information content (AvgIpc) is 1.99. The highest BCUT2D eigenvalue weighted by Gasteiger charge is 1.97. The Morgan fingerprint density at radius 1 is 1.90 bits per heavy atom. The van der Waals surface area contributed by atoms with E-state index in [0.717, 1.165) is 0 Å². The zero-order chi connectivity index (χ0) is 7.98. The second-order valence-corrected chi connectivity index (χ2v) is 1.94. The molecule has 0 aliphatic heterocycles. The van der Waals surface area contributed by atoms with E-state index in [4.69, 9.17) is 0 Å². The Balaban J connectivity index is 3.44. The van der Waals surface area contributed by atoms with Gasteiger partial charge in [-0.1, -0.05) is 18.8 Å². The Kier molecular flexibility index (Phi) is 4.49. The van der Waals surface area contributed by atoms with Crippen molar-refractivity contribution in [1.29, 1.82) is 0 Å². The Bertz CT molecular complexity index is 156. The molecule has 0 unspecified atom stereocenters. The number of carbonyl (C=O) groups excluding carboxylic acids is 1. The summed E-state index contributed by atoms with van der Waals surface area (Å²) in [5.41, 5.74) is 0. The van der Waals surface area contributed by atoms with Crippen molar-refractivity contribution in [3.05, 3.63) is 12.7 Å². The van der Waals surface area contributed by atoms with E-state index < -0.39 is 0 Å². The number of rotatable bonds is 3. The maximum absolute atomic E-state index is 10.5. The number of nitrogens with one attached hydrogen (secondary N) is 1. The summed E-state index contributed by atoms with van der Waals surface area (Å²) in [6.45, 7) is 3.51. The zero-order valence-corrected chi connectivity index (χ0v) is 6.53. The summed E-state index contributed by atoms with van der Waals surface area (Å²) in [5, 5.41) is 2.62. The van der Waals surface area contributed by atoms with Crippen molar-refractivity contribution in [1.82, 2.24) is 5.32 Å². The molecule has 0 aromatic carbocycles. The van der Waals surface area contributed by atoms with Crippen LogP contribution >= 0.6 is 12.2 Å². The lowest BCUT2D eigenvalue weighted by Crippen LogP contribution is -2.27. The van der Waals surface area contributed by atoms with Gasteiger partial charge in [0.05, 0.1) is 12.1 Å². The van der Waals surface area contributed by atoms with Crippen LogP contribution in [0.3, 0.4) is 0 Å². The molecule has 4 heteroatoms. The van der Waals surface area contributed by atoms with Gasteiger partial charge in [-0.2, -0.15) is 0 Å². The van der Waals surface area contributed by atoms with Gasteiger partial charge in [0.25, 0.3) is 0 Å². The van der Waals surface area contributed by atoms with Gasteiger partial charge >= 0.3 is 5.97 Å². The van der Waals surface area contributed by atoms with Gasteiger partial charge in [0, 0.05) is 0 Å². The Labute approximate surface area is 65.1 Å². The lowest BCUT2D eigenvalue weighted by Gasteiger charge is -2.00. The Morgan fingerprint density at radius 3 is 2.90 bits per heavy atom. The van der Waals surface area contributed by atoms with Crippen molar-refractivity contribution in [2.45, 2.75) is 0 Å². The third-order valence-corrected chi connectivity index (χ3v) is 1.13. The summed E-state index contributed by atoms with van der Waals surface area (Å²) in [7, 11) is 1.32. The van der Waals surface area contributed by atoms with E-state index in [1.165, 1.54) is 13.2 Å². The third kappa shape index (κ3) is 4.03. The number of carbonyl (C=O) groups is 1. The fraction of sp³-hybridized carbons (Fsp3) is 0.333. The molecule has 0 fully saturated rings. The van der Waals surface area contributed by atoms with E-state index in [0.29, 0.717) is 4.99 Å². The van der Waals surface area contributed by atoms with E-state index in [2.05, 4.69) is 28.9 Å². The standard InChI is InChI=1S/C6H9NO2S/c1-3-5(10)7-4-6(8)9-2/h3H,1,4H2,2H3,(H,7,10). The van der Waals surface area contributed by atoms with Crippen LogP contribution in [0, 0.1) is 0 Å². The fourth-order valence-corrected chi connectivity index (χ4v) is 0.376. The Hall–Kier alpha value is -0.900. The SMILES string of the molecule is C=CC(=S)NCC(=O)OC. The highest BCUT2D eigenvalue weighted by atomic mass is 32.1. The van der Waals surface area contributed by atoms with Crippen LogP contribution in [0.25, 0.3) is 0 Å². The molecule has 10 heavy (non-hydrogen) atoms. The molecule has 56 valence electrons. The summed E-state index contributed by atoms with van der Waals surface area (Å²) < 4.78 is 4.35. The zero-order valence-electron chi connectivity index (χ0n) is 5.72. The molecule has 1 N–H and O–H groups in total. The molecule has 0 radical (unpaired) electrons. The first kappa shape index (κ1) is 9.10. The summed E-state index contributed by atoms with van der Waals surface area (Å²) in [6, 6.07) is 0. The van der Waals surface area contributed by atoms with Crippen LogP contribution in [0.1, 0.15) is 0 Å². The molecule has 0 aliphatic rings. The van der Waals surface area contributed by atoms with E-state index in [-0.39, 0.29) is 12.5 Å².